The molecule has 0 fully saturated rings. The Bertz CT molecular complexity index is 672. The fraction of sp³-hybridized carbons (Fsp3) is 0.455. The van der Waals surface area contributed by atoms with Crippen LogP contribution < -0.4 is 11.1 Å². The Morgan fingerprint density at radius 3 is 2.18 bits per heavy atom. The van der Waals surface area contributed by atoms with Crippen LogP contribution in [-0.2, 0) is 5.75 Å². The van der Waals surface area contributed by atoms with Crippen molar-refractivity contribution in [2.75, 3.05) is 6.26 Å². The maximum absolute atomic E-state index is 12.0. The summed E-state index contributed by atoms with van der Waals surface area (Å²) in [5.74, 6) is 0.729. The van der Waals surface area contributed by atoms with Gasteiger partial charge in [0.05, 0.1) is 5.69 Å². The maximum atomic E-state index is 12.0. The molecule has 0 aliphatic heterocycles. The topological polar surface area (TPSA) is 43.0 Å². The lowest BCUT2D eigenvalue weighted by Gasteiger charge is -2.01. The van der Waals surface area contributed by atoms with Crippen molar-refractivity contribution in [2.45, 2.75) is 26.5 Å². The predicted octanol–water partition coefficient (Wildman–Crippen LogP) is 1.63. The standard InChI is InChI=1S/C11H14N2O2S2/c1-6-8(3)12-9(5-17-16-4)7(2)11(15)13(12)10(6)14/h5H2,1-4H3. The van der Waals surface area contributed by atoms with Crippen LogP contribution in [0.15, 0.2) is 9.59 Å². The number of nitrogens with zero attached hydrogens (tertiary/aromatic N) is 2. The summed E-state index contributed by atoms with van der Waals surface area (Å²) in [6.07, 6.45) is 2.00. The summed E-state index contributed by atoms with van der Waals surface area (Å²) >= 11 is 0. The summed E-state index contributed by atoms with van der Waals surface area (Å²) in [4.78, 5) is 24.0. The third kappa shape index (κ3) is 1.70. The van der Waals surface area contributed by atoms with Crippen LogP contribution in [0.4, 0.5) is 0 Å². The molecular weight excluding hydrogens is 256 g/mol. The Morgan fingerprint density at radius 2 is 1.59 bits per heavy atom. The first-order valence-electron chi connectivity index (χ1n) is 5.22. The summed E-state index contributed by atoms with van der Waals surface area (Å²) in [6, 6.07) is 0. The molecule has 0 amide bonds. The van der Waals surface area contributed by atoms with Gasteiger partial charge < -0.3 is 0 Å². The number of aromatic nitrogens is 2. The fourth-order valence-corrected chi connectivity index (χ4v) is 3.20. The normalized spacial score (nSPS) is 11.5. The quantitative estimate of drug-likeness (QED) is 0.795. The van der Waals surface area contributed by atoms with E-state index in [9.17, 15) is 9.59 Å². The van der Waals surface area contributed by atoms with Crippen molar-refractivity contribution >= 4 is 21.6 Å². The molecule has 0 atom stereocenters. The second-order valence-corrected chi connectivity index (χ2v) is 6.51. The predicted molar refractivity (Wildman–Crippen MR) is 73.6 cm³/mol. The summed E-state index contributed by atoms with van der Waals surface area (Å²) in [5.41, 5.74) is 2.72. The number of hydrogen-bond acceptors (Lipinski definition) is 4. The molecule has 0 radical (unpaired) electrons. The molecule has 0 aliphatic carbocycles. The largest absolute Gasteiger partial charge is 0.277 e. The highest BCUT2D eigenvalue weighted by Crippen LogP contribution is 2.24. The highest BCUT2D eigenvalue weighted by atomic mass is 33.1. The summed E-state index contributed by atoms with van der Waals surface area (Å²) in [5, 5.41) is 0. The van der Waals surface area contributed by atoms with Gasteiger partial charge in [0.2, 0.25) is 0 Å². The van der Waals surface area contributed by atoms with Crippen molar-refractivity contribution in [3.63, 3.8) is 0 Å². The molecule has 0 saturated carbocycles. The van der Waals surface area contributed by atoms with Crippen molar-refractivity contribution in [3.8, 4) is 0 Å². The van der Waals surface area contributed by atoms with Crippen LogP contribution in [0.2, 0.25) is 0 Å². The van der Waals surface area contributed by atoms with Gasteiger partial charge in [-0.2, -0.15) is 4.52 Å². The van der Waals surface area contributed by atoms with Crippen LogP contribution in [-0.4, -0.2) is 15.3 Å². The molecule has 6 heteroatoms. The molecule has 17 heavy (non-hydrogen) atoms. The van der Waals surface area contributed by atoms with E-state index in [1.807, 2.05) is 13.2 Å². The molecule has 2 rings (SSSR count). The van der Waals surface area contributed by atoms with Crippen molar-refractivity contribution in [2.24, 2.45) is 0 Å². The molecule has 2 aromatic heterocycles. The average Bonchev–Trinajstić information content (AvgIpc) is 2.68. The Kier molecular flexibility index (Phi) is 3.27. The zero-order valence-electron chi connectivity index (χ0n) is 10.2. The summed E-state index contributed by atoms with van der Waals surface area (Å²) in [7, 11) is 3.32. The lowest BCUT2D eigenvalue weighted by atomic mass is 10.2. The van der Waals surface area contributed by atoms with Gasteiger partial charge in [0, 0.05) is 22.6 Å². The van der Waals surface area contributed by atoms with Gasteiger partial charge >= 0.3 is 0 Å². The Morgan fingerprint density at radius 1 is 1.00 bits per heavy atom. The first kappa shape index (κ1) is 12.6. The van der Waals surface area contributed by atoms with E-state index in [0.29, 0.717) is 11.1 Å². The van der Waals surface area contributed by atoms with E-state index in [1.54, 1.807) is 40.0 Å². The number of rotatable bonds is 3. The first-order valence-corrected chi connectivity index (χ1v) is 7.95. The molecule has 0 bridgehead atoms. The van der Waals surface area contributed by atoms with Gasteiger partial charge in [0.15, 0.2) is 0 Å². The number of aryl methyl sites for hydroxylation is 1. The second-order valence-electron chi connectivity index (χ2n) is 3.94. The molecule has 2 aromatic rings. The highest BCUT2D eigenvalue weighted by molar-refractivity contribution is 8.76. The lowest BCUT2D eigenvalue weighted by Crippen LogP contribution is -2.23. The van der Waals surface area contributed by atoms with Crippen LogP contribution in [0.5, 0.6) is 0 Å². The Hall–Kier alpha value is -0.880. The number of fused-ring (bicyclic) bond motifs is 1. The van der Waals surface area contributed by atoms with Crippen LogP contribution in [0, 0.1) is 20.8 Å². The third-order valence-electron chi connectivity index (χ3n) is 3.09. The van der Waals surface area contributed by atoms with Gasteiger partial charge in [0.25, 0.3) is 11.1 Å². The summed E-state index contributed by atoms with van der Waals surface area (Å²) in [6.45, 7) is 5.42. The highest BCUT2D eigenvalue weighted by Gasteiger charge is 2.19. The van der Waals surface area contributed by atoms with E-state index in [-0.39, 0.29) is 11.1 Å². The summed E-state index contributed by atoms with van der Waals surface area (Å²) < 4.78 is 3.01. The zero-order valence-corrected chi connectivity index (χ0v) is 11.9. The fourth-order valence-electron chi connectivity index (χ4n) is 1.94. The maximum Gasteiger partial charge on any atom is 0.277 e. The molecule has 4 nitrogen and oxygen atoms in total. The minimum Gasteiger partial charge on any atom is -0.267 e. The van der Waals surface area contributed by atoms with Crippen molar-refractivity contribution < 1.29 is 0 Å². The van der Waals surface area contributed by atoms with Crippen LogP contribution in [0.1, 0.15) is 22.5 Å². The molecule has 0 N–H and O–H groups in total. The van der Waals surface area contributed by atoms with Gasteiger partial charge in [-0.25, -0.2) is 0 Å². The van der Waals surface area contributed by atoms with E-state index in [2.05, 4.69) is 0 Å². The van der Waals surface area contributed by atoms with Gasteiger partial charge in [-0.3, -0.25) is 14.1 Å². The van der Waals surface area contributed by atoms with E-state index in [4.69, 9.17) is 0 Å². The molecule has 92 valence electrons. The molecule has 2 heterocycles. The molecule has 0 aliphatic rings. The molecule has 0 spiro atoms. The Labute approximate surface area is 107 Å². The molecule has 0 unspecified atom stereocenters. The van der Waals surface area contributed by atoms with E-state index < -0.39 is 0 Å². The average molecular weight is 270 g/mol. The van der Waals surface area contributed by atoms with Gasteiger partial charge in [-0.1, -0.05) is 21.6 Å². The van der Waals surface area contributed by atoms with E-state index in [0.717, 1.165) is 17.1 Å². The minimum absolute atomic E-state index is 0.192. The van der Waals surface area contributed by atoms with Gasteiger partial charge in [-0.15, -0.1) is 0 Å². The molecular formula is C11H14N2O2S2. The van der Waals surface area contributed by atoms with Crippen LogP contribution in [0.3, 0.4) is 0 Å². The first-order chi connectivity index (χ1) is 8.00. The van der Waals surface area contributed by atoms with Gasteiger partial charge in [0.1, 0.15) is 0 Å². The van der Waals surface area contributed by atoms with Crippen molar-refractivity contribution in [3.05, 3.63) is 43.2 Å². The zero-order chi connectivity index (χ0) is 12.7. The third-order valence-corrected chi connectivity index (χ3v) is 4.78. The number of hydrogen-bond donors (Lipinski definition) is 0. The van der Waals surface area contributed by atoms with E-state index in [1.165, 1.54) is 4.52 Å². The van der Waals surface area contributed by atoms with Crippen LogP contribution in [0.25, 0.3) is 0 Å². The second kappa shape index (κ2) is 4.42. The lowest BCUT2D eigenvalue weighted by molar-refractivity contribution is 0.765. The smallest absolute Gasteiger partial charge is 0.267 e. The van der Waals surface area contributed by atoms with Gasteiger partial charge in [-0.05, 0) is 27.0 Å². The van der Waals surface area contributed by atoms with Crippen molar-refractivity contribution in [1.29, 1.82) is 0 Å². The van der Waals surface area contributed by atoms with Crippen molar-refractivity contribution in [1.82, 2.24) is 9.03 Å². The SMILES string of the molecule is CSSCc1c(C)c(=O)n2c(=O)c(C)c(C)n12. The minimum atomic E-state index is -0.198. The monoisotopic (exact) mass is 270 g/mol. The van der Waals surface area contributed by atoms with E-state index >= 15 is 0 Å². The van der Waals surface area contributed by atoms with Crippen LogP contribution >= 0.6 is 21.6 Å². The molecule has 0 aromatic carbocycles. The Balaban J connectivity index is 2.84. The molecule has 0 saturated heterocycles.